The van der Waals surface area contributed by atoms with E-state index in [4.69, 9.17) is 9.47 Å². The Hall–Kier alpha value is -2.89. The molecule has 106 valence electrons. The number of rotatable bonds is 4. The van der Waals surface area contributed by atoms with Crippen LogP contribution in [0.5, 0.6) is 11.5 Å². The number of aromatic nitrogens is 4. The Morgan fingerprint density at radius 2 is 1.76 bits per heavy atom. The van der Waals surface area contributed by atoms with E-state index in [1.54, 1.807) is 25.0 Å². The molecule has 0 aliphatic heterocycles. The van der Waals surface area contributed by atoms with Crippen molar-refractivity contribution < 1.29 is 9.47 Å². The van der Waals surface area contributed by atoms with E-state index in [2.05, 4.69) is 15.5 Å². The second-order valence-electron chi connectivity index (χ2n) is 4.32. The minimum Gasteiger partial charge on any atom is -0.497 e. The van der Waals surface area contributed by atoms with Crippen LogP contribution in [0.2, 0.25) is 0 Å². The lowest BCUT2D eigenvalue weighted by Crippen LogP contribution is -2.02. The van der Waals surface area contributed by atoms with Crippen LogP contribution in [-0.4, -0.2) is 34.4 Å². The minimum atomic E-state index is 0.638. The van der Waals surface area contributed by atoms with Crippen LogP contribution in [0.1, 0.15) is 0 Å². The average molecular weight is 282 g/mol. The smallest absolute Gasteiger partial charge is 0.187 e. The Labute approximate surface area is 121 Å². The highest BCUT2D eigenvalue weighted by Crippen LogP contribution is 2.29. The zero-order chi connectivity index (χ0) is 14.7. The van der Waals surface area contributed by atoms with Crippen molar-refractivity contribution in [3.8, 4) is 28.6 Å². The quantitative estimate of drug-likeness (QED) is 0.735. The maximum atomic E-state index is 5.41. The number of tetrazole rings is 1. The highest BCUT2D eigenvalue weighted by molar-refractivity contribution is 5.60. The van der Waals surface area contributed by atoms with Crippen molar-refractivity contribution in [3.05, 3.63) is 48.5 Å². The van der Waals surface area contributed by atoms with E-state index in [1.165, 1.54) is 0 Å². The van der Waals surface area contributed by atoms with Gasteiger partial charge >= 0.3 is 0 Å². The van der Waals surface area contributed by atoms with Crippen molar-refractivity contribution in [2.75, 3.05) is 14.2 Å². The Balaban J connectivity index is 2.12. The van der Waals surface area contributed by atoms with Gasteiger partial charge in [0, 0.05) is 11.6 Å². The molecule has 0 bridgehead atoms. The number of benzene rings is 2. The van der Waals surface area contributed by atoms with E-state index in [0.717, 1.165) is 11.3 Å². The average Bonchev–Trinajstić information content (AvgIpc) is 3.04. The molecule has 0 aliphatic carbocycles. The number of hydrogen-bond donors (Lipinski definition) is 0. The molecule has 21 heavy (non-hydrogen) atoms. The molecule has 0 unspecified atom stereocenters. The van der Waals surface area contributed by atoms with Gasteiger partial charge in [-0.1, -0.05) is 30.3 Å². The first-order valence-corrected chi connectivity index (χ1v) is 6.39. The summed E-state index contributed by atoms with van der Waals surface area (Å²) in [5, 5.41) is 11.9. The van der Waals surface area contributed by atoms with Crippen LogP contribution < -0.4 is 9.47 Å². The number of nitrogens with zero attached hydrogens (tertiary/aromatic N) is 4. The highest BCUT2D eigenvalue weighted by Gasteiger charge is 2.14. The molecule has 0 fully saturated rings. The fourth-order valence-electron chi connectivity index (χ4n) is 2.08. The third kappa shape index (κ3) is 2.43. The van der Waals surface area contributed by atoms with Gasteiger partial charge in [-0.2, -0.15) is 4.68 Å². The van der Waals surface area contributed by atoms with Gasteiger partial charge in [-0.05, 0) is 22.6 Å². The van der Waals surface area contributed by atoms with E-state index in [1.807, 2.05) is 42.5 Å². The van der Waals surface area contributed by atoms with Crippen molar-refractivity contribution in [2.24, 2.45) is 0 Å². The van der Waals surface area contributed by atoms with E-state index in [0.29, 0.717) is 17.3 Å². The van der Waals surface area contributed by atoms with E-state index >= 15 is 0 Å². The van der Waals surface area contributed by atoms with Crippen LogP contribution >= 0.6 is 0 Å². The number of hydrogen-bond acceptors (Lipinski definition) is 5. The zero-order valence-electron chi connectivity index (χ0n) is 11.7. The van der Waals surface area contributed by atoms with Crippen molar-refractivity contribution in [1.29, 1.82) is 0 Å². The molecular weight excluding hydrogens is 268 g/mol. The molecule has 0 radical (unpaired) electrons. The van der Waals surface area contributed by atoms with Gasteiger partial charge in [-0.15, -0.1) is 5.10 Å². The predicted octanol–water partition coefficient (Wildman–Crippen LogP) is 2.35. The standard InChI is InChI=1S/C15H14N4O2/c1-20-12-8-9-13(14(10-12)21-2)19-15(16-17-18-19)11-6-4-3-5-7-11/h3-10H,1-2H3. The van der Waals surface area contributed by atoms with E-state index in [-0.39, 0.29) is 0 Å². The van der Waals surface area contributed by atoms with Crippen molar-refractivity contribution in [1.82, 2.24) is 20.2 Å². The van der Waals surface area contributed by atoms with E-state index in [9.17, 15) is 0 Å². The Bertz CT molecular complexity index is 740. The molecule has 0 N–H and O–H groups in total. The number of methoxy groups -OCH3 is 2. The first-order valence-electron chi connectivity index (χ1n) is 6.39. The summed E-state index contributed by atoms with van der Waals surface area (Å²) < 4.78 is 12.3. The molecule has 2 aromatic carbocycles. The molecule has 6 heteroatoms. The van der Waals surface area contributed by atoms with Crippen molar-refractivity contribution >= 4 is 0 Å². The summed E-state index contributed by atoms with van der Waals surface area (Å²) in [6, 6.07) is 15.3. The molecular formula is C15H14N4O2. The molecule has 6 nitrogen and oxygen atoms in total. The molecule has 0 atom stereocenters. The maximum absolute atomic E-state index is 5.41. The highest BCUT2D eigenvalue weighted by atomic mass is 16.5. The van der Waals surface area contributed by atoms with Crippen LogP contribution in [0.15, 0.2) is 48.5 Å². The summed E-state index contributed by atoms with van der Waals surface area (Å²) in [5.74, 6) is 2.00. The molecule has 1 aromatic heterocycles. The molecule has 0 amide bonds. The van der Waals surface area contributed by atoms with Crippen molar-refractivity contribution in [3.63, 3.8) is 0 Å². The fourth-order valence-corrected chi connectivity index (χ4v) is 2.08. The second kappa shape index (κ2) is 5.62. The largest absolute Gasteiger partial charge is 0.497 e. The Kier molecular flexibility index (Phi) is 3.51. The fraction of sp³-hybridized carbons (Fsp3) is 0.133. The lowest BCUT2D eigenvalue weighted by molar-refractivity contribution is 0.392. The van der Waals surface area contributed by atoms with Gasteiger partial charge in [0.1, 0.15) is 17.2 Å². The molecule has 0 spiro atoms. The third-order valence-corrected chi connectivity index (χ3v) is 3.12. The van der Waals surface area contributed by atoms with Crippen LogP contribution in [0, 0.1) is 0 Å². The monoisotopic (exact) mass is 282 g/mol. The normalized spacial score (nSPS) is 10.4. The first-order chi connectivity index (χ1) is 10.3. The molecule has 3 aromatic rings. The summed E-state index contributed by atoms with van der Waals surface area (Å²) in [4.78, 5) is 0. The lowest BCUT2D eigenvalue weighted by Gasteiger charge is -2.11. The van der Waals surface area contributed by atoms with Crippen LogP contribution in [0.4, 0.5) is 0 Å². The van der Waals surface area contributed by atoms with Gasteiger partial charge in [0.15, 0.2) is 5.82 Å². The molecule has 1 heterocycles. The molecule has 0 saturated carbocycles. The van der Waals surface area contributed by atoms with Crippen LogP contribution in [0.25, 0.3) is 17.1 Å². The SMILES string of the molecule is COc1ccc(-n2nnnc2-c2ccccc2)c(OC)c1. The Morgan fingerprint density at radius 1 is 0.952 bits per heavy atom. The summed E-state index contributed by atoms with van der Waals surface area (Å²) in [7, 11) is 3.21. The molecule has 0 aliphatic rings. The summed E-state index contributed by atoms with van der Waals surface area (Å²) in [6.07, 6.45) is 0. The number of ether oxygens (including phenoxy) is 2. The minimum absolute atomic E-state index is 0.638. The van der Waals surface area contributed by atoms with Gasteiger partial charge in [0.25, 0.3) is 0 Å². The molecule has 3 rings (SSSR count). The van der Waals surface area contributed by atoms with E-state index < -0.39 is 0 Å². The van der Waals surface area contributed by atoms with Gasteiger partial charge in [0.2, 0.25) is 0 Å². The maximum Gasteiger partial charge on any atom is 0.187 e. The van der Waals surface area contributed by atoms with Gasteiger partial charge in [0.05, 0.1) is 14.2 Å². The topological polar surface area (TPSA) is 62.1 Å². The summed E-state index contributed by atoms with van der Waals surface area (Å²) in [5.41, 5.74) is 1.68. The first kappa shape index (κ1) is 13.1. The second-order valence-corrected chi connectivity index (χ2v) is 4.32. The van der Waals surface area contributed by atoms with Gasteiger partial charge in [-0.25, -0.2) is 0 Å². The van der Waals surface area contributed by atoms with Crippen molar-refractivity contribution in [2.45, 2.75) is 0 Å². The summed E-state index contributed by atoms with van der Waals surface area (Å²) in [6.45, 7) is 0. The lowest BCUT2D eigenvalue weighted by atomic mass is 10.2. The summed E-state index contributed by atoms with van der Waals surface area (Å²) >= 11 is 0. The predicted molar refractivity (Wildman–Crippen MR) is 77.7 cm³/mol. The van der Waals surface area contributed by atoms with Gasteiger partial charge in [-0.3, -0.25) is 0 Å². The van der Waals surface area contributed by atoms with Crippen LogP contribution in [-0.2, 0) is 0 Å². The molecule has 0 saturated heterocycles. The third-order valence-electron chi connectivity index (χ3n) is 3.12. The zero-order valence-corrected chi connectivity index (χ0v) is 11.7. The van der Waals surface area contributed by atoms with Crippen LogP contribution in [0.3, 0.4) is 0 Å². The van der Waals surface area contributed by atoms with Gasteiger partial charge < -0.3 is 9.47 Å². The Morgan fingerprint density at radius 3 is 2.48 bits per heavy atom.